The number of nitro groups is 1. The molecular formula is C23H15BrN2O5. The minimum atomic E-state index is -0.580. The van der Waals surface area contributed by atoms with Crippen LogP contribution in [0, 0.1) is 10.1 Å². The molecule has 1 heterocycles. The van der Waals surface area contributed by atoms with Crippen LogP contribution in [-0.2, 0) is 16.1 Å². The van der Waals surface area contributed by atoms with E-state index in [4.69, 9.17) is 9.47 Å². The predicted molar refractivity (Wildman–Crippen MR) is 119 cm³/mol. The Balaban J connectivity index is 1.44. The molecule has 4 rings (SSSR count). The SMILES string of the molecule is O=C1OC(c2ccc([N+](=O)[O-])cc2)=N/C1=C\c1ccc(OCc2ccc(Br)cc2)cc1. The number of aliphatic imine (C=N–C) groups is 1. The van der Waals surface area contributed by atoms with Gasteiger partial charge in [0.05, 0.1) is 4.92 Å². The van der Waals surface area contributed by atoms with Gasteiger partial charge in [-0.3, -0.25) is 10.1 Å². The third-order valence-electron chi connectivity index (χ3n) is 4.45. The molecular weight excluding hydrogens is 464 g/mol. The van der Waals surface area contributed by atoms with Gasteiger partial charge in [-0.25, -0.2) is 9.79 Å². The van der Waals surface area contributed by atoms with Crippen molar-refractivity contribution in [2.75, 3.05) is 0 Å². The Morgan fingerprint density at radius 1 is 1.00 bits per heavy atom. The van der Waals surface area contributed by atoms with Gasteiger partial charge in [-0.15, -0.1) is 0 Å². The molecule has 0 aliphatic carbocycles. The van der Waals surface area contributed by atoms with Gasteiger partial charge in [0, 0.05) is 22.2 Å². The van der Waals surface area contributed by atoms with Gasteiger partial charge < -0.3 is 9.47 Å². The Morgan fingerprint density at radius 3 is 2.32 bits per heavy atom. The van der Waals surface area contributed by atoms with Crippen LogP contribution >= 0.6 is 15.9 Å². The Kier molecular flexibility index (Phi) is 5.90. The van der Waals surface area contributed by atoms with Crippen molar-refractivity contribution in [2.45, 2.75) is 6.61 Å². The van der Waals surface area contributed by atoms with Crippen LogP contribution < -0.4 is 4.74 Å². The van der Waals surface area contributed by atoms with Crippen LogP contribution in [0.4, 0.5) is 5.69 Å². The maximum Gasteiger partial charge on any atom is 0.363 e. The first-order valence-corrected chi connectivity index (χ1v) is 10.0. The molecule has 1 aliphatic rings. The van der Waals surface area contributed by atoms with Crippen molar-refractivity contribution in [3.8, 4) is 5.75 Å². The van der Waals surface area contributed by atoms with E-state index in [0.29, 0.717) is 17.9 Å². The van der Waals surface area contributed by atoms with E-state index in [0.717, 1.165) is 15.6 Å². The van der Waals surface area contributed by atoms with Crippen molar-refractivity contribution in [3.63, 3.8) is 0 Å². The molecule has 0 atom stereocenters. The van der Waals surface area contributed by atoms with Crippen LogP contribution in [0.15, 0.2) is 88.0 Å². The van der Waals surface area contributed by atoms with Crippen LogP contribution in [0.3, 0.4) is 0 Å². The summed E-state index contributed by atoms with van der Waals surface area (Å²) in [6.45, 7) is 0.447. The van der Waals surface area contributed by atoms with E-state index in [1.165, 1.54) is 24.3 Å². The predicted octanol–water partition coefficient (Wildman–Crippen LogP) is 5.28. The van der Waals surface area contributed by atoms with E-state index in [1.54, 1.807) is 6.08 Å². The molecule has 0 amide bonds. The second-order valence-electron chi connectivity index (χ2n) is 6.62. The maximum absolute atomic E-state index is 12.1. The van der Waals surface area contributed by atoms with Gasteiger partial charge in [0.2, 0.25) is 5.90 Å². The fourth-order valence-corrected chi connectivity index (χ4v) is 3.09. The summed E-state index contributed by atoms with van der Waals surface area (Å²) < 4.78 is 12.0. The number of carbonyl (C=O) groups excluding carboxylic acids is 1. The monoisotopic (exact) mass is 478 g/mol. The number of esters is 1. The molecule has 0 N–H and O–H groups in total. The summed E-state index contributed by atoms with van der Waals surface area (Å²) in [5.74, 6) is 0.235. The minimum absolute atomic E-state index is 0.0492. The zero-order valence-electron chi connectivity index (χ0n) is 16.0. The minimum Gasteiger partial charge on any atom is -0.489 e. The lowest BCUT2D eigenvalue weighted by atomic mass is 10.2. The number of rotatable bonds is 6. The number of ether oxygens (including phenoxy) is 2. The average molecular weight is 479 g/mol. The van der Waals surface area contributed by atoms with Crippen LogP contribution in [0.2, 0.25) is 0 Å². The number of non-ortho nitro benzene ring substituents is 1. The lowest BCUT2D eigenvalue weighted by Crippen LogP contribution is -2.05. The van der Waals surface area contributed by atoms with Gasteiger partial charge in [-0.1, -0.05) is 40.2 Å². The average Bonchev–Trinajstić information content (AvgIpc) is 3.14. The molecule has 0 fully saturated rings. The summed E-state index contributed by atoms with van der Waals surface area (Å²) in [6.07, 6.45) is 1.61. The second-order valence-corrected chi connectivity index (χ2v) is 7.54. The molecule has 0 aromatic heterocycles. The molecule has 0 saturated carbocycles. The van der Waals surface area contributed by atoms with Crippen LogP contribution in [-0.4, -0.2) is 16.8 Å². The highest BCUT2D eigenvalue weighted by Gasteiger charge is 2.24. The topological polar surface area (TPSA) is 91.0 Å². The molecule has 31 heavy (non-hydrogen) atoms. The number of halogens is 1. The van der Waals surface area contributed by atoms with Crippen molar-refractivity contribution >= 4 is 39.6 Å². The Morgan fingerprint density at radius 2 is 1.68 bits per heavy atom. The third-order valence-corrected chi connectivity index (χ3v) is 4.98. The molecule has 0 bridgehead atoms. The van der Waals surface area contributed by atoms with E-state index in [2.05, 4.69) is 20.9 Å². The smallest absolute Gasteiger partial charge is 0.363 e. The van der Waals surface area contributed by atoms with E-state index < -0.39 is 10.9 Å². The van der Waals surface area contributed by atoms with Gasteiger partial charge in [-0.2, -0.15) is 0 Å². The molecule has 0 saturated heterocycles. The van der Waals surface area contributed by atoms with Crippen molar-refractivity contribution in [2.24, 2.45) is 4.99 Å². The lowest BCUT2D eigenvalue weighted by Gasteiger charge is -2.06. The molecule has 0 spiro atoms. The van der Waals surface area contributed by atoms with Gasteiger partial charge in [0.25, 0.3) is 5.69 Å². The molecule has 7 nitrogen and oxygen atoms in total. The Bertz CT molecular complexity index is 1180. The van der Waals surface area contributed by atoms with Crippen molar-refractivity contribution < 1.29 is 19.2 Å². The summed E-state index contributed by atoms with van der Waals surface area (Å²) >= 11 is 3.40. The first-order chi connectivity index (χ1) is 15.0. The molecule has 1 aliphatic heterocycles. The molecule has 3 aromatic carbocycles. The first kappa shape index (κ1) is 20.5. The number of benzene rings is 3. The number of nitro benzene ring substituents is 1. The van der Waals surface area contributed by atoms with E-state index in [-0.39, 0.29) is 17.3 Å². The van der Waals surface area contributed by atoms with Crippen LogP contribution in [0.5, 0.6) is 5.75 Å². The van der Waals surface area contributed by atoms with Crippen LogP contribution in [0.1, 0.15) is 16.7 Å². The van der Waals surface area contributed by atoms with Crippen LogP contribution in [0.25, 0.3) is 6.08 Å². The second kappa shape index (κ2) is 8.93. The third kappa shape index (κ3) is 5.04. The largest absolute Gasteiger partial charge is 0.489 e. The fourth-order valence-electron chi connectivity index (χ4n) is 2.82. The number of hydrogen-bond acceptors (Lipinski definition) is 6. The van der Waals surface area contributed by atoms with Gasteiger partial charge >= 0.3 is 5.97 Å². The molecule has 8 heteroatoms. The molecule has 3 aromatic rings. The van der Waals surface area contributed by atoms with E-state index in [1.807, 2.05) is 48.5 Å². The lowest BCUT2D eigenvalue weighted by molar-refractivity contribution is -0.384. The quantitative estimate of drug-likeness (QED) is 0.208. The van der Waals surface area contributed by atoms with E-state index in [9.17, 15) is 14.9 Å². The number of nitrogens with zero attached hydrogens (tertiary/aromatic N) is 2. The van der Waals surface area contributed by atoms with Gasteiger partial charge in [-0.05, 0) is 53.6 Å². The first-order valence-electron chi connectivity index (χ1n) is 9.23. The van der Waals surface area contributed by atoms with Crippen molar-refractivity contribution in [3.05, 3.63) is 110 Å². The maximum atomic E-state index is 12.1. The fraction of sp³-hybridized carbons (Fsp3) is 0.0435. The molecule has 0 unspecified atom stereocenters. The summed E-state index contributed by atoms with van der Waals surface area (Å²) in [4.78, 5) is 26.6. The normalized spacial score (nSPS) is 14.3. The summed E-state index contributed by atoms with van der Waals surface area (Å²) in [5.41, 5.74) is 2.40. The Hall–Kier alpha value is -3.78. The number of carbonyl (C=O) groups is 1. The standard InChI is InChI=1S/C23H15BrN2O5/c24-18-7-1-16(2-8-18)14-30-20-11-3-15(4-12-20)13-21-23(27)31-22(25-21)17-5-9-19(10-6-17)26(28)29/h1-13H,14H2/b21-13-. The summed E-state index contributed by atoms with van der Waals surface area (Å²) in [5, 5.41) is 10.8. The van der Waals surface area contributed by atoms with E-state index >= 15 is 0 Å². The molecule has 0 radical (unpaired) electrons. The van der Waals surface area contributed by atoms with Gasteiger partial charge in [0.1, 0.15) is 12.4 Å². The highest BCUT2D eigenvalue weighted by atomic mass is 79.9. The number of cyclic esters (lactones) is 1. The van der Waals surface area contributed by atoms with Gasteiger partial charge in [0.15, 0.2) is 5.70 Å². The molecule has 154 valence electrons. The zero-order valence-corrected chi connectivity index (χ0v) is 17.6. The highest BCUT2D eigenvalue weighted by Crippen LogP contribution is 2.22. The highest BCUT2D eigenvalue weighted by molar-refractivity contribution is 9.10. The summed E-state index contributed by atoms with van der Waals surface area (Å²) in [6, 6.07) is 20.8. The summed E-state index contributed by atoms with van der Waals surface area (Å²) in [7, 11) is 0. The van der Waals surface area contributed by atoms with Crippen molar-refractivity contribution in [1.29, 1.82) is 0 Å². The zero-order chi connectivity index (χ0) is 21.8. The Labute approximate surface area is 185 Å². The number of hydrogen-bond donors (Lipinski definition) is 0. The van der Waals surface area contributed by atoms with Crippen molar-refractivity contribution in [1.82, 2.24) is 0 Å².